The Morgan fingerprint density at radius 3 is 2.48 bits per heavy atom. The Kier molecular flexibility index (Phi) is 6.53. The monoisotopic (exact) mass is 375 g/mol. The maximum Gasteiger partial charge on any atom is 0.410 e. The molecule has 0 saturated carbocycles. The number of hydrogen-bond donors (Lipinski definition) is 0. The van der Waals surface area contributed by atoms with Gasteiger partial charge in [-0.15, -0.1) is 0 Å². The van der Waals surface area contributed by atoms with Crippen molar-refractivity contribution in [2.45, 2.75) is 71.3 Å². The van der Waals surface area contributed by atoms with Gasteiger partial charge in [-0.3, -0.25) is 0 Å². The van der Waals surface area contributed by atoms with E-state index in [4.69, 9.17) is 4.74 Å². The highest BCUT2D eigenvalue weighted by Crippen LogP contribution is 2.31. The van der Waals surface area contributed by atoms with Gasteiger partial charge >= 0.3 is 6.09 Å². The van der Waals surface area contributed by atoms with Crippen molar-refractivity contribution in [3.8, 4) is 0 Å². The molecule has 1 atom stereocenters. The number of carbonyl (C=O) groups excluding carboxylic acids is 1. The van der Waals surface area contributed by atoms with Crippen molar-refractivity contribution in [1.82, 2.24) is 4.90 Å². The summed E-state index contributed by atoms with van der Waals surface area (Å²) in [5.74, 6) is 0. The topological polar surface area (TPSA) is 29.5 Å². The quantitative estimate of drug-likeness (QED) is 0.512. The lowest BCUT2D eigenvalue weighted by atomic mass is 10.2. The summed E-state index contributed by atoms with van der Waals surface area (Å²) in [4.78, 5) is 14.4. The van der Waals surface area contributed by atoms with Crippen LogP contribution in [0.5, 0.6) is 0 Å². The van der Waals surface area contributed by atoms with Gasteiger partial charge in [0.1, 0.15) is 5.60 Å². The minimum absolute atomic E-state index is 0.159. The predicted octanol–water partition coefficient (Wildman–Crippen LogP) is 4.97. The van der Waals surface area contributed by atoms with Crippen LogP contribution in [0.15, 0.2) is 11.3 Å². The Labute approximate surface area is 139 Å². The molecule has 1 heterocycles. The first-order valence-corrected chi connectivity index (χ1v) is 12.4. The summed E-state index contributed by atoms with van der Waals surface area (Å²) in [5.41, 5.74) is -0.427. The van der Waals surface area contributed by atoms with Crippen LogP contribution in [0.4, 0.5) is 4.79 Å². The number of ether oxygens (including phenoxy) is 1. The zero-order valence-corrected chi connectivity index (χ0v) is 16.9. The van der Waals surface area contributed by atoms with Gasteiger partial charge in [-0.05, 0) is 40.0 Å². The molecular weight excluding hydrogens is 346 g/mol. The standard InChI is InChI=1S/C16H30BrNO2Si/c1-16(2,3)20-15(19)18-12-8-9-13(18)14(10-7-11-17)21(4,5)6/h10,13H,7-9,11-12H2,1-6H3/b14-10-/t13-/m1/s1. The maximum atomic E-state index is 12.5. The molecule has 1 rings (SSSR count). The van der Waals surface area contributed by atoms with E-state index in [-0.39, 0.29) is 12.1 Å². The lowest BCUT2D eigenvalue weighted by Gasteiger charge is -2.34. The van der Waals surface area contributed by atoms with Gasteiger partial charge in [-0.2, -0.15) is 0 Å². The van der Waals surface area contributed by atoms with Gasteiger partial charge in [-0.1, -0.05) is 46.8 Å². The fourth-order valence-corrected chi connectivity index (χ4v) is 5.07. The Morgan fingerprint density at radius 2 is 2.00 bits per heavy atom. The summed E-state index contributed by atoms with van der Waals surface area (Å²) in [7, 11) is -1.44. The Balaban J connectivity index is 2.95. The molecule has 3 nitrogen and oxygen atoms in total. The first-order chi connectivity index (χ1) is 9.56. The Bertz CT molecular complexity index is 396. The van der Waals surface area contributed by atoms with Gasteiger partial charge in [-0.25, -0.2) is 4.79 Å². The van der Waals surface area contributed by atoms with Crippen molar-refractivity contribution in [1.29, 1.82) is 0 Å². The van der Waals surface area contributed by atoms with Crippen LogP contribution in [0.25, 0.3) is 0 Å². The number of hydrogen-bond acceptors (Lipinski definition) is 2. The highest BCUT2D eigenvalue weighted by molar-refractivity contribution is 9.09. The van der Waals surface area contributed by atoms with Crippen LogP contribution in [0.2, 0.25) is 19.6 Å². The average Bonchev–Trinajstić information content (AvgIpc) is 2.74. The molecule has 0 spiro atoms. The van der Waals surface area contributed by atoms with Crippen LogP contribution in [0.3, 0.4) is 0 Å². The zero-order chi connectivity index (χ0) is 16.3. The summed E-state index contributed by atoms with van der Waals surface area (Å²) >= 11 is 3.50. The van der Waals surface area contributed by atoms with E-state index in [0.717, 1.165) is 31.1 Å². The van der Waals surface area contributed by atoms with E-state index < -0.39 is 13.7 Å². The predicted molar refractivity (Wildman–Crippen MR) is 95.8 cm³/mol. The third kappa shape index (κ3) is 5.78. The second-order valence-corrected chi connectivity index (χ2v) is 13.6. The molecule has 0 aromatic rings. The lowest BCUT2D eigenvalue weighted by Crippen LogP contribution is -2.45. The minimum atomic E-state index is -1.44. The third-order valence-electron chi connectivity index (χ3n) is 3.58. The SMILES string of the molecule is CC(C)(C)OC(=O)N1CCC[C@@H]1/C(=C/CCBr)[Si](C)(C)C. The summed E-state index contributed by atoms with van der Waals surface area (Å²) in [5, 5.41) is 2.46. The average molecular weight is 376 g/mol. The molecule has 0 aliphatic carbocycles. The Morgan fingerprint density at radius 1 is 1.38 bits per heavy atom. The van der Waals surface area contributed by atoms with Crippen LogP contribution in [-0.4, -0.2) is 42.6 Å². The molecule has 1 amide bonds. The van der Waals surface area contributed by atoms with E-state index in [1.807, 2.05) is 25.7 Å². The van der Waals surface area contributed by atoms with E-state index in [9.17, 15) is 4.79 Å². The van der Waals surface area contributed by atoms with Crippen molar-refractivity contribution in [3.63, 3.8) is 0 Å². The number of alkyl halides is 1. The van der Waals surface area contributed by atoms with E-state index in [2.05, 4.69) is 41.6 Å². The first-order valence-electron chi connectivity index (χ1n) is 7.82. The van der Waals surface area contributed by atoms with Gasteiger partial charge in [0.05, 0.1) is 14.1 Å². The van der Waals surface area contributed by atoms with E-state index in [1.54, 1.807) is 0 Å². The van der Waals surface area contributed by atoms with Gasteiger partial charge in [0, 0.05) is 11.9 Å². The van der Waals surface area contributed by atoms with E-state index in [0.29, 0.717) is 0 Å². The van der Waals surface area contributed by atoms with Crippen molar-refractivity contribution in [2.24, 2.45) is 0 Å². The maximum absolute atomic E-state index is 12.5. The van der Waals surface area contributed by atoms with Crippen molar-refractivity contribution in [2.75, 3.05) is 11.9 Å². The molecule has 0 bridgehead atoms. The van der Waals surface area contributed by atoms with Crippen molar-refractivity contribution < 1.29 is 9.53 Å². The normalized spacial score (nSPS) is 20.8. The molecule has 0 N–H and O–H groups in total. The number of rotatable bonds is 4. The molecule has 1 aliphatic rings. The molecular formula is C16H30BrNO2Si. The second-order valence-electron chi connectivity index (χ2n) is 7.72. The highest BCUT2D eigenvalue weighted by atomic mass is 79.9. The van der Waals surface area contributed by atoms with Crippen LogP contribution < -0.4 is 0 Å². The van der Waals surface area contributed by atoms with Gasteiger partial charge < -0.3 is 9.64 Å². The molecule has 1 saturated heterocycles. The number of carbonyl (C=O) groups is 1. The highest BCUT2D eigenvalue weighted by Gasteiger charge is 2.38. The third-order valence-corrected chi connectivity index (χ3v) is 6.31. The largest absolute Gasteiger partial charge is 0.444 e. The van der Waals surface area contributed by atoms with Crippen LogP contribution in [0.1, 0.15) is 40.0 Å². The molecule has 122 valence electrons. The van der Waals surface area contributed by atoms with Gasteiger partial charge in [0.15, 0.2) is 0 Å². The summed E-state index contributed by atoms with van der Waals surface area (Å²) in [6.07, 6.45) is 5.36. The van der Waals surface area contributed by atoms with Crippen LogP contribution >= 0.6 is 15.9 Å². The minimum Gasteiger partial charge on any atom is -0.444 e. The fourth-order valence-electron chi connectivity index (χ4n) is 2.78. The summed E-state index contributed by atoms with van der Waals surface area (Å²) < 4.78 is 5.59. The number of nitrogens with zero attached hydrogens (tertiary/aromatic N) is 1. The fraction of sp³-hybridized carbons (Fsp3) is 0.812. The molecule has 0 aromatic heterocycles. The molecule has 0 unspecified atom stereocenters. The first kappa shape index (κ1) is 18.8. The molecule has 0 radical (unpaired) electrons. The molecule has 0 aromatic carbocycles. The Hall–Kier alpha value is -0.293. The number of halogens is 1. The lowest BCUT2D eigenvalue weighted by molar-refractivity contribution is 0.0252. The van der Waals surface area contributed by atoms with Crippen LogP contribution in [-0.2, 0) is 4.74 Å². The smallest absolute Gasteiger partial charge is 0.410 e. The second kappa shape index (κ2) is 7.31. The zero-order valence-electron chi connectivity index (χ0n) is 14.3. The van der Waals surface area contributed by atoms with E-state index in [1.165, 1.54) is 5.20 Å². The van der Waals surface area contributed by atoms with Gasteiger partial charge in [0.25, 0.3) is 0 Å². The van der Waals surface area contributed by atoms with Gasteiger partial charge in [0.2, 0.25) is 0 Å². The van der Waals surface area contributed by atoms with Crippen LogP contribution in [0, 0.1) is 0 Å². The van der Waals surface area contributed by atoms with Crippen molar-refractivity contribution in [3.05, 3.63) is 11.3 Å². The molecule has 21 heavy (non-hydrogen) atoms. The van der Waals surface area contributed by atoms with Crippen molar-refractivity contribution >= 4 is 30.1 Å². The summed E-state index contributed by atoms with van der Waals surface area (Å²) in [6.45, 7) is 13.7. The summed E-state index contributed by atoms with van der Waals surface area (Å²) in [6, 6.07) is 0.241. The van der Waals surface area contributed by atoms with E-state index >= 15 is 0 Å². The number of allylic oxidation sites excluding steroid dienone is 1. The molecule has 1 aliphatic heterocycles. The molecule has 1 fully saturated rings. The molecule has 5 heteroatoms. The number of likely N-dealkylation sites (tertiary alicyclic amines) is 1. The number of amides is 1.